The summed E-state index contributed by atoms with van der Waals surface area (Å²) in [5.74, 6) is -0.297. The van der Waals surface area contributed by atoms with E-state index in [-0.39, 0.29) is 55.2 Å². The molecule has 0 saturated carbocycles. The molecule has 2 rings (SSSR count). The maximum absolute atomic E-state index is 12.6. The van der Waals surface area contributed by atoms with E-state index in [0.717, 1.165) is 12.0 Å². The van der Waals surface area contributed by atoms with Gasteiger partial charge in [-0.05, 0) is 17.7 Å². The summed E-state index contributed by atoms with van der Waals surface area (Å²) in [4.78, 5) is 45.0. The van der Waals surface area contributed by atoms with Crippen molar-refractivity contribution in [2.24, 2.45) is 0 Å². The molecule has 0 atom stereocenters. The van der Waals surface area contributed by atoms with Crippen LogP contribution in [0.15, 0.2) is 30.3 Å². The van der Waals surface area contributed by atoms with Crippen LogP contribution in [0.2, 0.25) is 0 Å². The van der Waals surface area contributed by atoms with E-state index in [2.05, 4.69) is 24.8 Å². The number of rotatable bonds is 6. The molecule has 1 aromatic carbocycles. The van der Waals surface area contributed by atoms with E-state index >= 15 is 0 Å². The SMILES string of the molecule is COC(=O)c1ccc(CN(C(=O)Nc2nc(OC)cc(OC)n2)C(=O)OC)cc1.[H-].[Na+]. The van der Waals surface area contributed by atoms with E-state index in [1.165, 1.54) is 39.5 Å². The van der Waals surface area contributed by atoms with Gasteiger partial charge in [0.15, 0.2) is 0 Å². The number of nitrogens with zero attached hydrogens (tertiary/aromatic N) is 3. The number of esters is 1. The number of ether oxygens (including phenoxy) is 4. The summed E-state index contributed by atoms with van der Waals surface area (Å²) in [6.07, 6.45) is -0.894. The van der Waals surface area contributed by atoms with Crippen LogP contribution in [0.1, 0.15) is 17.3 Å². The molecular weight excluding hydrogens is 407 g/mol. The molecule has 30 heavy (non-hydrogen) atoms. The summed E-state index contributed by atoms with van der Waals surface area (Å²) in [5, 5.41) is 2.40. The molecule has 0 spiro atoms. The Morgan fingerprint density at radius 2 is 1.53 bits per heavy atom. The minimum atomic E-state index is -0.894. The van der Waals surface area contributed by atoms with Crippen molar-refractivity contribution in [2.75, 3.05) is 33.8 Å². The number of hydrogen-bond acceptors (Lipinski definition) is 9. The van der Waals surface area contributed by atoms with Crippen molar-refractivity contribution in [3.8, 4) is 11.8 Å². The first-order chi connectivity index (χ1) is 13.9. The van der Waals surface area contributed by atoms with Gasteiger partial charge >= 0.3 is 47.7 Å². The van der Waals surface area contributed by atoms with E-state index in [1.807, 2.05) is 0 Å². The fourth-order valence-corrected chi connectivity index (χ4v) is 2.21. The van der Waals surface area contributed by atoms with Crippen LogP contribution in [0.4, 0.5) is 15.5 Å². The van der Waals surface area contributed by atoms with Crippen LogP contribution in [-0.4, -0.2) is 61.4 Å². The van der Waals surface area contributed by atoms with Crippen LogP contribution in [0, 0.1) is 0 Å². The van der Waals surface area contributed by atoms with Crippen molar-refractivity contribution < 1.29 is 64.3 Å². The molecule has 0 saturated heterocycles. The number of nitrogens with one attached hydrogen (secondary N) is 1. The number of urea groups is 1. The Hall–Kier alpha value is -2.89. The first-order valence-electron chi connectivity index (χ1n) is 8.22. The summed E-state index contributed by atoms with van der Waals surface area (Å²) in [7, 11) is 5.21. The van der Waals surface area contributed by atoms with Gasteiger partial charge in [-0.2, -0.15) is 9.97 Å². The molecule has 0 unspecified atom stereocenters. The Labute approximate surface area is 196 Å². The molecule has 1 N–H and O–H groups in total. The fraction of sp³-hybridized carbons (Fsp3) is 0.278. The number of carbonyl (C=O) groups excluding carboxylic acids is 3. The maximum Gasteiger partial charge on any atom is 1.00 e. The molecule has 12 heteroatoms. The van der Waals surface area contributed by atoms with Crippen molar-refractivity contribution in [3.63, 3.8) is 0 Å². The molecule has 0 radical (unpaired) electrons. The van der Waals surface area contributed by atoms with Crippen LogP contribution in [0.5, 0.6) is 11.8 Å². The van der Waals surface area contributed by atoms with E-state index in [4.69, 9.17) is 9.47 Å². The van der Waals surface area contributed by atoms with Gasteiger partial charge < -0.3 is 20.4 Å². The number of carbonyl (C=O) groups is 3. The number of hydrogen-bond donors (Lipinski definition) is 1. The Kier molecular flexibility index (Phi) is 10.0. The number of benzene rings is 1. The molecule has 0 aliphatic heterocycles. The number of anilines is 1. The summed E-state index contributed by atoms with van der Waals surface area (Å²) < 4.78 is 19.3. The molecule has 0 aliphatic carbocycles. The molecule has 11 nitrogen and oxygen atoms in total. The molecule has 2 aromatic rings. The second kappa shape index (κ2) is 12.0. The first kappa shape index (κ1) is 25.1. The van der Waals surface area contributed by atoms with E-state index in [9.17, 15) is 14.4 Å². The molecule has 3 amide bonds. The second-order valence-corrected chi connectivity index (χ2v) is 5.45. The normalized spacial score (nSPS) is 9.60. The van der Waals surface area contributed by atoms with Crippen LogP contribution in [0.3, 0.4) is 0 Å². The predicted octanol–water partition coefficient (Wildman–Crippen LogP) is -0.803. The van der Waals surface area contributed by atoms with E-state index in [0.29, 0.717) is 11.1 Å². The molecule has 156 valence electrons. The Morgan fingerprint density at radius 3 is 2.00 bits per heavy atom. The molecule has 0 bridgehead atoms. The van der Waals surface area contributed by atoms with Crippen molar-refractivity contribution in [1.29, 1.82) is 0 Å². The first-order valence-corrected chi connectivity index (χ1v) is 8.22. The quantitative estimate of drug-likeness (QED) is 0.464. The van der Waals surface area contributed by atoms with E-state index in [1.54, 1.807) is 12.1 Å². The summed E-state index contributed by atoms with van der Waals surface area (Å²) in [6, 6.07) is 6.80. The molecular formula is C18H21N4NaO7. The molecule has 0 fully saturated rings. The van der Waals surface area contributed by atoms with E-state index < -0.39 is 18.1 Å². The summed E-state index contributed by atoms with van der Waals surface area (Å²) in [6.45, 7) is -0.124. The number of aromatic nitrogens is 2. The average molecular weight is 428 g/mol. The summed E-state index contributed by atoms with van der Waals surface area (Å²) >= 11 is 0. The van der Waals surface area contributed by atoms with Gasteiger partial charge in [0.25, 0.3) is 0 Å². The van der Waals surface area contributed by atoms with Crippen LogP contribution < -0.4 is 44.3 Å². The van der Waals surface area contributed by atoms with Crippen molar-refractivity contribution in [3.05, 3.63) is 41.5 Å². The minimum absolute atomic E-state index is 0. The van der Waals surface area contributed by atoms with Crippen LogP contribution >= 0.6 is 0 Å². The maximum atomic E-state index is 12.6. The third kappa shape index (κ3) is 6.58. The van der Waals surface area contributed by atoms with Gasteiger partial charge in [0.1, 0.15) is 0 Å². The van der Waals surface area contributed by atoms with Gasteiger partial charge in [0.2, 0.25) is 17.7 Å². The zero-order valence-corrected chi connectivity index (χ0v) is 19.3. The third-order valence-corrected chi connectivity index (χ3v) is 3.67. The molecule has 1 heterocycles. The standard InChI is InChI=1S/C18H20N4O7.Na.H/c1-26-13-9-14(27-2)20-16(19-13)21-17(24)22(18(25)29-4)10-11-5-7-12(8-6-11)15(23)28-3;;/h5-9H,10H2,1-4H3,(H,19,20,21,24);;/q;+1;-1. The smallest absolute Gasteiger partial charge is 1.00 e. The van der Waals surface area contributed by atoms with Crippen LogP contribution in [-0.2, 0) is 16.0 Å². The second-order valence-electron chi connectivity index (χ2n) is 5.45. The topological polar surface area (TPSA) is 129 Å². The van der Waals surface area contributed by atoms with Gasteiger partial charge in [0.05, 0.1) is 46.6 Å². The predicted molar refractivity (Wildman–Crippen MR) is 101 cm³/mol. The van der Waals surface area contributed by atoms with Gasteiger partial charge in [-0.15, -0.1) is 0 Å². The van der Waals surface area contributed by atoms with Crippen LogP contribution in [0.25, 0.3) is 0 Å². The number of imide groups is 1. The van der Waals surface area contributed by atoms with Gasteiger partial charge in [-0.25, -0.2) is 19.3 Å². The Balaban J connectivity index is 0.00000450. The van der Waals surface area contributed by atoms with Gasteiger partial charge in [-0.1, -0.05) is 12.1 Å². The number of methoxy groups -OCH3 is 4. The van der Waals surface area contributed by atoms with Crippen molar-refractivity contribution in [2.45, 2.75) is 6.54 Å². The molecule has 0 aliphatic rings. The average Bonchev–Trinajstić information content (AvgIpc) is 2.76. The molecule has 1 aromatic heterocycles. The van der Waals surface area contributed by atoms with Gasteiger partial charge in [-0.3, -0.25) is 5.32 Å². The zero-order chi connectivity index (χ0) is 21.4. The summed E-state index contributed by atoms with van der Waals surface area (Å²) in [5.41, 5.74) is 0.907. The minimum Gasteiger partial charge on any atom is -1.00 e. The Morgan fingerprint density at radius 1 is 0.967 bits per heavy atom. The van der Waals surface area contributed by atoms with Crippen molar-refractivity contribution in [1.82, 2.24) is 14.9 Å². The Bertz CT molecular complexity index is 877. The zero-order valence-electron chi connectivity index (χ0n) is 18.3. The monoisotopic (exact) mass is 428 g/mol. The van der Waals surface area contributed by atoms with Gasteiger partial charge in [0, 0.05) is 0 Å². The van der Waals surface area contributed by atoms with Crippen molar-refractivity contribution >= 4 is 24.0 Å². The third-order valence-electron chi connectivity index (χ3n) is 3.67. The number of amides is 3. The largest absolute Gasteiger partial charge is 1.00 e. The fourth-order valence-electron chi connectivity index (χ4n) is 2.21.